The fraction of sp³-hybridized carbons (Fsp3) is 0.348. The first-order valence-electron chi connectivity index (χ1n) is 9.76. The third-order valence-electron chi connectivity index (χ3n) is 5.51. The van der Waals surface area contributed by atoms with Gasteiger partial charge in [-0.25, -0.2) is 9.37 Å². The van der Waals surface area contributed by atoms with Crippen LogP contribution in [-0.2, 0) is 21.7 Å². The molecule has 1 fully saturated rings. The second kappa shape index (κ2) is 8.35. The summed E-state index contributed by atoms with van der Waals surface area (Å²) >= 11 is 0. The van der Waals surface area contributed by atoms with Crippen molar-refractivity contribution in [2.45, 2.75) is 32.0 Å². The fourth-order valence-electron chi connectivity index (χ4n) is 3.83. The molecule has 0 saturated carbocycles. The Morgan fingerprint density at radius 3 is 2.72 bits per heavy atom. The lowest BCUT2D eigenvalue weighted by molar-refractivity contribution is -0.0950. The number of methoxy groups -OCH3 is 1. The van der Waals surface area contributed by atoms with Gasteiger partial charge in [0.15, 0.2) is 0 Å². The molecule has 0 N–H and O–H groups in total. The first-order valence-corrected chi connectivity index (χ1v) is 9.76. The van der Waals surface area contributed by atoms with E-state index >= 15 is 0 Å². The van der Waals surface area contributed by atoms with Crippen molar-refractivity contribution < 1.29 is 18.6 Å². The number of aryl methyl sites for hydroxylation is 1. The molecule has 1 aliphatic heterocycles. The van der Waals surface area contributed by atoms with Crippen molar-refractivity contribution in [3.8, 4) is 11.4 Å². The molecule has 0 unspecified atom stereocenters. The molecule has 0 atom stereocenters. The van der Waals surface area contributed by atoms with Crippen molar-refractivity contribution in [2.24, 2.45) is 0 Å². The minimum absolute atomic E-state index is 0.330. The van der Waals surface area contributed by atoms with Gasteiger partial charge >= 0.3 is 0 Å². The molecule has 0 radical (unpaired) electrons. The predicted molar refractivity (Wildman–Crippen MR) is 108 cm³/mol. The molecule has 1 aromatic heterocycles. The molecule has 0 amide bonds. The summed E-state index contributed by atoms with van der Waals surface area (Å²) in [5.41, 5.74) is 2.27. The Morgan fingerprint density at radius 1 is 1.17 bits per heavy atom. The van der Waals surface area contributed by atoms with Crippen molar-refractivity contribution in [1.82, 2.24) is 9.55 Å². The van der Waals surface area contributed by atoms with E-state index in [9.17, 15) is 4.39 Å². The summed E-state index contributed by atoms with van der Waals surface area (Å²) < 4.78 is 33.5. The Balaban J connectivity index is 1.53. The highest BCUT2D eigenvalue weighted by molar-refractivity contribution is 5.38. The number of hydrogen-bond donors (Lipinski definition) is 0. The number of imidazole rings is 1. The normalized spacial score (nSPS) is 16.0. The molecular formula is C23H25FN2O3. The van der Waals surface area contributed by atoms with Gasteiger partial charge in [-0.05, 0) is 42.3 Å². The van der Waals surface area contributed by atoms with E-state index in [1.165, 1.54) is 12.1 Å². The summed E-state index contributed by atoms with van der Waals surface area (Å²) in [6, 6.07) is 12.9. The summed E-state index contributed by atoms with van der Waals surface area (Å²) in [5, 5.41) is 0. The van der Waals surface area contributed by atoms with E-state index in [2.05, 4.69) is 4.98 Å². The van der Waals surface area contributed by atoms with Crippen LogP contribution in [0.1, 0.15) is 29.8 Å². The maximum Gasteiger partial charge on any atom is 0.127 e. The van der Waals surface area contributed by atoms with Gasteiger partial charge in [0.05, 0.1) is 5.60 Å². The lowest BCUT2D eigenvalue weighted by Gasteiger charge is -2.36. The number of benzene rings is 2. The zero-order valence-corrected chi connectivity index (χ0v) is 16.7. The lowest BCUT2D eigenvalue weighted by atomic mass is 9.86. The lowest BCUT2D eigenvalue weighted by Crippen LogP contribution is -2.35. The highest BCUT2D eigenvalue weighted by Crippen LogP contribution is 2.37. The van der Waals surface area contributed by atoms with Crippen LogP contribution in [-0.4, -0.2) is 29.9 Å². The molecule has 1 aliphatic rings. The molecule has 6 heteroatoms. The quantitative estimate of drug-likeness (QED) is 0.613. The Bertz CT molecular complexity index is 980. The van der Waals surface area contributed by atoms with Gasteiger partial charge in [0.25, 0.3) is 0 Å². The molecule has 0 spiro atoms. The molecule has 1 saturated heterocycles. The van der Waals surface area contributed by atoms with E-state index in [1.807, 2.05) is 48.0 Å². The number of rotatable bonds is 6. The van der Waals surface area contributed by atoms with Gasteiger partial charge in [-0.15, -0.1) is 0 Å². The second-order valence-corrected chi connectivity index (χ2v) is 7.29. The zero-order chi connectivity index (χ0) is 20.3. The fourth-order valence-corrected chi connectivity index (χ4v) is 3.83. The third kappa shape index (κ3) is 4.18. The SMILES string of the molecule is COC1(c2cc(F)cc(OCc3cccc(-n4ccnc4C)c3)c2)CCOCC1. The van der Waals surface area contributed by atoms with E-state index in [-0.39, 0.29) is 5.82 Å². The van der Waals surface area contributed by atoms with E-state index < -0.39 is 5.60 Å². The van der Waals surface area contributed by atoms with Crippen LogP contribution in [0.25, 0.3) is 5.69 Å². The summed E-state index contributed by atoms with van der Waals surface area (Å²) in [4.78, 5) is 4.26. The van der Waals surface area contributed by atoms with Gasteiger partial charge < -0.3 is 18.8 Å². The molecule has 0 bridgehead atoms. The average Bonchev–Trinajstić information content (AvgIpc) is 3.18. The van der Waals surface area contributed by atoms with Gasteiger partial charge in [0, 0.05) is 57.3 Å². The second-order valence-electron chi connectivity index (χ2n) is 7.29. The van der Waals surface area contributed by atoms with Crippen LogP contribution in [0.5, 0.6) is 5.75 Å². The first kappa shape index (κ1) is 19.6. The van der Waals surface area contributed by atoms with E-state index in [0.717, 1.165) is 22.6 Å². The van der Waals surface area contributed by atoms with E-state index in [4.69, 9.17) is 14.2 Å². The van der Waals surface area contributed by atoms with Crippen LogP contribution in [0, 0.1) is 12.7 Å². The maximum absolute atomic E-state index is 14.3. The minimum Gasteiger partial charge on any atom is -0.489 e. The van der Waals surface area contributed by atoms with Crippen LogP contribution in [0.15, 0.2) is 54.9 Å². The number of ether oxygens (including phenoxy) is 3. The van der Waals surface area contributed by atoms with Crippen molar-refractivity contribution in [3.05, 3.63) is 77.6 Å². The van der Waals surface area contributed by atoms with Crippen LogP contribution in [0.3, 0.4) is 0 Å². The van der Waals surface area contributed by atoms with Crippen molar-refractivity contribution >= 4 is 0 Å². The van der Waals surface area contributed by atoms with E-state index in [1.54, 1.807) is 13.3 Å². The van der Waals surface area contributed by atoms with Gasteiger partial charge in [-0.3, -0.25) is 0 Å². The maximum atomic E-state index is 14.3. The molecule has 29 heavy (non-hydrogen) atoms. The smallest absolute Gasteiger partial charge is 0.127 e. The molecule has 0 aliphatic carbocycles. The molecule has 3 aromatic rings. The molecule has 152 valence electrons. The van der Waals surface area contributed by atoms with Crippen LogP contribution < -0.4 is 4.74 Å². The number of nitrogens with zero attached hydrogens (tertiary/aromatic N) is 2. The summed E-state index contributed by atoms with van der Waals surface area (Å²) in [7, 11) is 1.67. The van der Waals surface area contributed by atoms with Crippen LogP contribution in [0.4, 0.5) is 4.39 Å². The molecule has 2 aromatic carbocycles. The molecule has 4 rings (SSSR count). The highest BCUT2D eigenvalue weighted by atomic mass is 19.1. The van der Waals surface area contributed by atoms with E-state index in [0.29, 0.717) is 38.4 Å². The van der Waals surface area contributed by atoms with Crippen molar-refractivity contribution in [3.63, 3.8) is 0 Å². The topological polar surface area (TPSA) is 45.5 Å². The largest absolute Gasteiger partial charge is 0.489 e. The van der Waals surface area contributed by atoms with Gasteiger partial charge in [-0.2, -0.15) is 0 Å². The van der Waals surface area contributed by atoms with Gasteiger partial charge in [0.2, 0.25) is 0 Å². The molecule has 5 nitrogen and oxygen atoms in total. The van der Waals surface area contributed by atoms with Gasteiger partial charge in [0.1, 0.15) is 24.0 Å². The number of hydrogen-bond acceptors (Lipinski definition) is 4. The predicted octanol–water partition coefficient (Wildman–Crippen LogP) is 4.55. The van der Waals surface area contributed by atoms with Crippen molar-refractivity contribution in [1.29, 1.82) is 0 Å². The summed E-state index contributed by atoms with van der Waals surface area (Å²) in [6.45, 7) is 3.50. The Hall–Kier alpha value is -2.70. The average molecular weight is 396 g/mol. The summed E-state index contributed by atoms with van der Waals surface area (Å²) in [5.74, 6) is 1.08. The first-order chi connectivity index (χ1) is 14.1. The Labute approximate surface area is 170 Å². The van der Waals surface area contributed by atoms with Crippen molar-refractivity contribution in [2.75, 3.05) is 20.3 Å². The monoisotopic (exact) mass is 396 g/mol. The Kier molecular flexibility index (Phi) is 5.65. The van der Waals surface area contributed by atoms with Crippen LogP contribution in [0.2, 0.25) is 0 Å². The number of halogens is 1. The Morgan fingerprint density at radius 2 is 2.00 bits per heavy atom. The third-order valence-corrected chi connectivity index (χ3v) is 5.51. The molecule has 2 heterocycles. The van der Waals surface area contributed by atoms with Gasteiger partial charge in [-0.1, -0.05) is 12.1 Å². The number of aromatic nitrogens is 2. The highest BCUT2D eigenvalue weighted by Gasteiger charge is 2.35. The molecular weight excluding hydrogens is 371 g/mol. The zero-order valence-electron chi connectivity index (χ0n) is 16.7. The standard InChI is InChI=1S/C23H25FN2O3/c1-17-25-8-9-26(17)21-5-3-4-18(12-21)16-29-22-14-19(13-20(24)15-22)23(27-2)6-10-28-11-7-23/h3-5,8-9,12-15H,6-7,10-11,16H2,1-2H3. The minimum atomic E-state index is -0.530. The summed E-state index contributed by atoms with van der Waals surface area (Å²) in [6.07, 6.45) is 5.08. The van der Waals surface area contributed by atoms with Crippen LogP contribution >= 0.6 is 0 Å².